The molecule has 0 bridgehead atoms. The maximum Gasteiger partial charge on any atom is 0.322 e. The molecule has 4 nitrogen and oxygen atoms in total. The van der Waals surface area contributed by atoms with E-state index < -0.39 is 6.04 Å². The van der Waals surface area contributed by atoms with Crippen molar-refractivity contribution >= 4 is 5.97 Å². The Labute approximate surface area is 73.0 Å². The second kappa shape index (κ2) is 7.06. The largest absolute Gasteiger partial charge is 0.462 e. The van der Waals surface area contributed by atoms with Gasteiger partial charge in [0.25, 0.3) is 0 Å². The Morgan fingerprint density at radius 3 is 2.67 bits per heavy atom. The summed E-state index contributed by atoms with van der Waals surface area (Å²) in [6.45, 7) is 2.68. The molecule has 0 aromatic rings. The maximum atomic E-state index is 11.0. The van der Waals surface area contributed by atoms with Gasteiger partial charge in [-0.1, -0.05) is 13.3 Å². The SMILES string of the molecule is CCC[C@H](N)C(=O)OCCOC. The Kier molecular flexibility index (Phi) is 6.70. The molecule has 0 heterocycles. The van der Waals surface area contributed by atoms with Crippen LogP contribution in [0.25, 0.3) is 0 Å². The van der Waals surface area contributed by atoms with Crippen molar-refractivity contribution in [2.75, 3.05) is 20.3 Å². The number of methoxy groups -OCH3 is 1. The van der Waals surface area contributed by atoms with Crippen LogP contribution in [0, 0.1) is 0 Å². The van der Waals surface area contributed by atoms with Crippen molar-refractivity contribution in [2.45, 2.75) is 25.8 Å². The van der Waals surface area contributed by atoms with Crippen LogP contribution in [-0.2, 0) is 14.3 Å². The molecule has 1 atom stereocenters. The van der Waals surface area contributed by atoms with Crippen LogP contribution in [0.1, 0.15) is 19.8 Å². The zero-order valence-corrected chi connectivity index (χ0v) is 7.71. The van der Waals surface area contributed by atoms with E-state index in [0.717, 1.165) is 6.42 Å². The van der Waals surface area contributed by atoms with Gasteiger partial charge in [-0.2, -0.15) is 0 Å². The molecule has 72 valence electrons. The molecule has 0 aliphatic carbocycles. The summed E-state index contributed by atoms with van der Waals surface area (Å²) < 4.78 is 9.52. The van der Waals surface area contributed by atoms with E-state index in [2.05, 4.69) is 0 Å². The van der Waals surface area contributed by atoms with Crippen molar-refractivity contribution in [1.29, 1.82) is 0 Å². The average Bonchev–Trinajstić information content (AvgIpc) is 2.05. The minimum atomic E-state index is -0.480. The van der Waals surface area contributed by atoms with Gasteiger partial charge >= 0.3 is 5.97 Å². The van der Waals surface area contributed by atoms with Gasteiger partial charge in [0.2, 0.25) is 0 Å². The highest BCUT2D eigenvalue weighted by molar-refractivity contribution is 5.75. The quantitative estimate of drug-likeness (QED) is 0.466. The third kappa shape index (κ3) is 5.09. The number of esters is 1. The standard InChI is InChI=1S/C8H17NO3/c1-3-4-7(9)8(10)12-6-5-11-2/h7H,3-6,9H2,1-2H3/t7-/m0/s1. The van der Waals surface area contributed by atoms with E-state index in [0.29, 0.717) is 13.0 Å². The third-order valence-electron chi connectivity index (χ3n) is 1.43. The summed E-state index contributed by atoms with van der Waals surface area (Å²) in [5.74, 6) is -0.339. The highest BCUT2D eigenvalue weighted by Crippen LogP contribution is 1.95. The van der Waals surface area contributed by atoms with Crippen LogP contribution in [-0.4, -0.2) is 32.3 Å². The minimum Gasteiger partial charge on any atom is -0.462 e. The zero-order chi connectivity index (χ0) is 9.40. The first kappa shape index (κ1) is 11.4. The van der Waals surface area contributed by atoms with Crippen molar-refractivity contribution in [3.8, 4) is 0 Å². The molecule has 0 aromatic carbocycles. The molecule has 0 amide bonds. The first-order valence-corrected chi connectivity index (χ1v) is 4.13. The Bertz CT molecular complexity index is 127. The van der Waals surface area contributed by atoms with E-state index in [9.17, 15) is 4.79 Å². The number of nitrogens with two attached hydrogens (primary N) is 1. The van der Waals surface area contributed by atoms with Crippen molar-refractivity contribution in [3.63, 3.8) is 0 Å². The number of hydrogen-bond donors (Lipinski definition) is 1. The molecular weight excluding hydrogens is 158 g/mol. The lowest BCUT2D eigenvalue weighted by Gasteiger charge is -2.09. The number of rotatable bonds is 6. The average molecular weight is 175 g/mol. The molecular formula is C8H17NO3. The van der Waals surface area contributed by atoms with Gasteiger partial charge in [0.05, 0.1) is 6.61 Å². The molecule has 0 spiro atoms. The lowest BCUT2D eigenvalue weighted by atomic mass is 10.2. The van der Waals surface area contributed by atoms with Gasteiger partial charge in [-0.25, -0.2) is 0 Å². The van der Waals surface area contributed by atoms with Gasteiger partial charge in [-0.15, -0.1) is 0 Å². The number of hydrogen-bond acceptors (Lipinski definition) is 4. The number of carbonyl (C=O) groups is 1. The third-order valence-corrected chi connectivity index (χ3v) is 1.43. The molecule has 0 saturated carbocycles. The molecule has 0 aliphatic heterocycles. The van der Waals surface area contributed by atoms with Crippen LogP contribution in [0.15, 0.2) is 0 Å². The number of ether oxygens (including phenoxy) is 2. The molecule has 0 fully saturated rings. The Hall–Kier alpha value is -0.610. The summed E-state index contributed by atoms with van der Waals surface area (Å²) in [6, 6.07) is -0.480. The maximum absolute atomic E-state index is 11.0. The minimum absolute atomic E-state index is 0.284. The highest BCUT2D eigenvalue weighted by atomic mass is 16.6. The summed E-state index contributed by atoms with van der Waals surface area (Å²) >= 11 is 0. The fraction of sp³-hybridized carbons (Fsp3) is 0.875. The molecule has 0 aromatic heterocycles. The second-order valence-electron chi connectivity index (χ2n) is 2.56. The first-order valence-electron chi connectivity index (χ1n) is 4.13. The Morgan fingerprint density at radius 1 is 1.50 bits per heavy atom. The lowest BCUT2D eigenvalue weighted by Crippen LogP contribution is -2.32. The van der Waals surface area contributed by atoms with Crippen molar-refractivity contribution in [3.05, 3.63) is 0 Å². The van der Waals surface area contributed by atoms with Gasteiger partial charge in [0.15, 0.2) is 0 Å². The Balaban J connectivity index is 3.43. The monoisotopic (exact) mass is 175 g/mol. The van der Waals surface area contributed by atoms with E-state index in [1.807, 2.05) is 6.92 Å². The van der Waals surface area contributed by atoms with Gasteiger partial charge in [0.1, 0.15) is 12.6 Å². The van der Waals surface area contributed by atoms with Crippen LogP contribution in [0.5, 0.6) is 0 Å². The molecule has 2 N–H and O–H groups in total. The van der Waals surface area contributed by atoms with Gasteiger partial charge in [-0.05, 0) is 6.42 Å². The summed E-state index contributed by atoms with van der Waals surface area (Å²) in [4.78, 5) is 11.0. The van der Waals surface area contributed by atoms with Crippen LogP contribution < -0.4 is 5.73 Å². The van der Waals surface area contributed by atoms with E-state index in [1.165, 1.54) is 0 Å². The van der Waals surface area contributed by atoms with Crippen LogP contribution in [0.3, 0.4) is 0 Å². The molecule has 12 heavy (non-hydrogen) atoms. The summed E-state index contributed by atoms with van der Waals surface area (Å²) in [5, 5.41) is 0. The topological polar surface area (TPSA) is 61.6 Å². The van der Waals surface area contributed by atoms with E-state index in [1.54, 1.807) is 7.11 Å². The fourth-order valence-electron chi connectivity index (χ4n) is 0.761. The molecule has 0 rings (SSSR count). The molecule has 0 saturated heterocycles. The van der Waals surface area contributed by atoms with E-state index >= 15 is 0 Å². The molecule has 0 radical (unpaired) electrons. The second-order valence-corrected chi connectivity index (χ2v) is 2.56. The first-order chi connectivity index (χ1) is 5.72. The van der Waals surface area contributed by atoms with Crippen molar-refractivity contribution in [1.82, 2.24) is 0 Å². The van der Waals surface area contributed by atoms with Crippen LogP contribution in [0.2, 0.25) is 0 Å². The van der Waals surface area contributed by atoms with E-state index in [-0.39, 0.29) is 12.6 Å². The summed E-state index contributed by atoms with van der Waals surface area (Å²) in [7, 11) is 1.56. The van der Waals surface area contributed by atoms with Crippen LogP contribution >= 0.6 is 0 Å². The summed E-state index contributed by atoms with van der Waals surface area (Å²) in [6.07, 6.45) is 1.56. The summed E-state index contributed by atoms with van der Waals surface area (Å²) in [5.41, 5.74) is 5.49. The van der Waals surface area contributed by atoms with Crippen molar-refractivity contribution < 1.29 is 14.3 Å². The lowest BCUT2D eigenvalue weighted by molar-refractivity contribution is -0.146. The predicted octanol–water partition coefficient (Wildman–Crippen LogP) is 0.303. The van der Waals surface area contributed by atoms with Crippen molar-refractivity contribution in [2.24, 2.45) is 5.73 Å². The van der Waals surface area contributed by atoms with Gasteiger partial charge in [-0.3, -0.25) is 4.79 Å². The van der Waals surface area contributed by atoms with Crippen LogP contribution in [0.4, 0.5) is 0 Å². The normalized spacial score (nSPS) is 12.6. The molecule has 0 unspecified atom stereocenters. The fourth-order valence-corrected chi connectivity index (χ4v) is 0.761. The van der Waals surface area contributed by atoms with Gasteiger partial charge in [0, 0.05) is 7.11 Å². The predicted molar refractivity (Wildman–Crippen MR) is 45.7 cm³/mol. The van der Waals surface area contributed by atoms with Gasteiger partial charge < -0.3 is 15.2 Å². The molecule has 0 aliphatic rings. The smallest absolute Gasteiger partial charge is 0.322 e. The Morgan fingerprint density at radius 2 is 2.17 bits per heavy atom. The van der Waals surface area contributed by atoms with E-state index in [4.69, 9.17) is 15.2 Å². The zero-order valence-electron chi connectivity index (χ0n) is 7.71. The number of carbonyl (C=O) groups excluding carboxylic acids is 1. The molecule has 4 heteroatoms. The highest BCUT2D eigenvalue weighted by Gasteiger charge is 2.12.